The van der Waals surface area contributed by atoms with Gasteiger partial charge in [-0.1, -0.05) is 30.3 Å². The average molecular weight is 258 g/mol. The monoisotopic (exact) mass is 258 g/mol. The number of carbonyl (C=O) groups is 1. The molecule has 0 amide bonds. The van der Waals surface area contributed by atoms with Crippen LogP contribution in [-0.2, 0) is 4.79 Å². The number of hydrogen-bond acceptors (Lipinski definition) is 3. The fourth-order valence-corrected chi connectivity index (χ4v) is 3.56. The van der Waals surface area contributed by atoms with Crippen LogP contribution in [0.3, 0.4) is 0 Å². The van der Waals surface area contributed by atoms with E-state index in [0.717, 1.165) is 4.90 Å². The average Bonchev–Trinajstić information content (AvgIpc) is 2.68. The third-order valence-corrected chi connectivity index (χ3v) is 4.61. The predicted octanol–water partition coefficient (Wildman–Crippen LogP) is 3.02. The lowest BCUT2D eigenvalue weighted by atomic mass is 10.1. The summed E-state index contributed by atoms with van der Waals surface area (Å²) in [6.45, 7) is 0. The second-order valence-corrected chi connectivity index (χ2v) is 5.99. The third-order valence-electron chi connectivity index (χ3n) is 3.30. The van der Waals surface area contributed by atoms with E-state index in [-0.39, 0.29) is 11.0 Å². The summed E-state index contributed by atoms with van der Waals surface area (Å²) in [6, 6.07) is 14.5. The summed E-state index contributed by atoms with van der Waals surface area (Å²) >= 11 is 1.61. The van der Waals surface area contributed by atoms with E-state index in [1.54, 1.807) is 11.8 Å². The number of aliphatic hydroxyl groups is 1. The normalized spacial score (nSPS) is 23.7. The SMILES string of the molecule is O=C1CC(O)C(Sc2ccc3ccccc3c2)C1. The summed E-state index contributed by atoms with van der Waals surface area (Å²) in [5.74, 6) is 0.167. The molecule has 0 aromatic heterocycles. The Balaban J connectivity index is 1.84. The van der Waals surface area contributed by atoms with Gasteiger partial charge in [-0.2, -0.15) is 0 Å². The largest absolute Gasteiger partial charge is 0.391 e. The summed E-state index contributed by atoms with van der Waals surface area (Å²) < 4.78 is 0. The summed E-state index contributed by atoms with van der Waals surface area (Å²) in [4.78, 5) is 12.4. The molecule has 1 aliphatic carbocycles. The molecule has 92 valence electrons. The Morgan fingerprint density at radius 2 is 1.83 bits per heavy atom. The Kier molecular flexibility index (Phi) is 3.10. The van der Waals surface area contributed by atoms with Gasteiger partial charge in [-0.25, -0.2) is 0 Å². The Bertz CT molecular complexity index is 594. The molecule has 1 N–H and O–H groups in total. The van der Waals surface area contributed by atoms with Crippen LogP contribution in [0, 0.1) is 0 Å². The molecule has 2 unspecified atom stereocenters. The predicted molar refractivity (Wildman–Crippen MR) is 73.8 cm³/mol. The number of hydrogen-bond donors (Lipinski definition) is 1. The highest BCUT2D eigenvalue weighted by molar-refractivity contribution is 8.00. The van der Waals surface area contributed by atoms with Gasteiger partial charge in [0.2, 0.25) is 0 Å². The Hall–Kier alpha value is -1.32. The molecule has 3 rings (SSSR count). The number of Topliss-reactive ketones (excluding diaryl/α,β-unsaturated/α-hetero) is 1. The van der Waals surface area contributed by atoms with Crippen molar-refractivity contribution in [3.8, 4) is 0 Å². The maximum atomic E-state index is 11.3. The molecule has 1 fully saturated rings. The first-order valence-corrected chi connectivity index (χ1v) is 6.95. The van der Waals surface area contributed by atoms with E-state index in [1.165, 1.54) is 10.8 Å². The minimum atomic E-state index is -0.492. The van der Waals surface area contributed by atoms with Crippen molar-refractivity contribution < 1.29 is 9.90 Å². The second kappa shape index (κ2) is 4.75. The van der Waals surface area contributed by atoms with Crippen LogP contribution in [0.25, 0.3) is 10.8 Å². The molecule has 0 heterocycles. The summed E-state index contributed by atoms with van der Waals surface area (Å²) in [7, 11) is 0. The van der Waals surface area contributed by atoms with E-state index in [0.29, 0.717) is 12.8 Å². The van der Waals surface area contributed by atoms with Crippen LogP contribution in [0.5, 0.6) is 0 Å². The van der Waals surface area contributed by atoms with Crippen LogP contribution in [0.2, 0.25) is 0 Å². The molecule has 2 atom stereocenters. The highest BCUT2D eigenvalue weighted by atomic mass is 32.2. The number of fused-ring (bicyclic) bond motifs is 1. The van der Waals surface area contributed by atoms with E-state index in [2.05, 4.69) is 30.3 Å². The first-order valence-electron chi connectivity index (χ1n) is 6.07. The lowest BCUT2D eigenvalue weighted by Crippen LogP contribution is -2.14. The maximum absolute atomic E-state index is 11.3. The molecular weight excluding hydrogens is 244 g/mol. The lowest BCUT2D eigenvalue weighted by Gasteiger charge is -2.13. The maximum Gasteiger partial charge on any atom is 0.136 e. The van der Waals surface area contributed by atoms with Crippen molar-refractivity contribution in [1.82, 2.24) is 0 Å². The molecule has 0 radical (unpaired) electrons. The van der Waals surface area contributed by atoms with E-state index in [9.17, 15) is 9.90 Å². The lowest BCUT2D eigenvalue weighted by molar-refractivity contribution is -0.117. The smallest absolute Gasteiger partial charge is 0.136 e. The Morgan fingerprint density at radius 1 is 1.06 bits per heavy atom. The van der Waals surface area contributed by atoms with Gasteiger partial charge in [-0.15, -0.1) is 11.8 Å². The van der Waals surface area contributed by atoms with Gasteiger partial charge < -0.3 is 5.11 Å². The van der Waals surface area contributed by atoms with E-state index in [4.69, 9.17) is 0 Å². The number of ketones is 1. The van der Waals surface area contributed by atoms with Crippen LogP contribution < -0.4 is 0 Å². The quantitative estimate of drug-likeness (QED) is 0.899. The van der Waals surface area contributed by atoms with Crippen LogP contribution >= 0.6 is 11.8 Å². The number of thioether (sulfide) groups is 1. The molecule has 2 aromatic rings. The molecule has 1 aliphatic rings. The summed E-state index contributed by atoms with van der Waals surface area (Å²) in [5, 5.41) is 12.2. The molecule has 2 nitrogen and oxygen atoms in total. The number of benzene rings is 2. The molecule has 1 saturated carbocycles. The Labute approximate surface area is 110 Å². The van der Waals surface area contributed by atoms with Gasteiger partial charge in [0, 0.05) is 23.0 Å². The van der Waals surface area contributed by atoms with Crippen LogP contribution in [0.15, 0.2) is 47.4 Å². The van der Waals surface area contributed by atoms with Gasteiger partial charge >= 0.3 is 0 Å². The van der Waals surface area contributed by atoms with Crippen molar-refractivity contribution in [2.75, 3.05) is 0 Å². The van der Waals surface area contributed by atoms with Crippen LogP contribution in [0.1, 0.15) is 12.8 Å². The fourth-order valence-electron chi connectivity index (χ4n) is 2.34. The third kappa shape index (κ3) is 2.28. The van der Waals surface area contributed by atoms with Gasteiger partial charge in [0.25, 0.3) is 0 Å². The number of aliphatic hydroxyl groups excluding tert-OH is 1. The first-order chi connectivity index (χ1) is 8.72. The summed E-state index contributed by atoms with van der Waals surface area (Å²) in [6.07, 6.45) is 0.304. The van der Waals surface area contributed by atoms with Crippen molar-refractivity contribution in [2.45, 2.75) is 29.1 Å². The highest BCUT2D eigenvalue weighted by Gasteiger charge is 2.32. The molecule has 2 aromatic carbocycles. The highest BCUT2D eigenvalue weighted by Crippen LogP contribution is 2.34. The zero-order chi connectivity index (χ0) is 12.5. The minimum Gasteiger partial charge on any atom is -0.391 e. The molecule has 3 heteroatoms. The second-order valence-electron chi connectivity index (χ2n) is 4.68. The van der Waals surface area contributed by atoms with Crippen molar-refractivity contribution in [3.05, 3.63) is 42.5 Å². The van der Waals surface area contributed by atoms with Crippen LogP contribution in [0.4, 0.5) is 0 Å². The van der Waals surface area contributed by atoms with Gasteiger partial charge in [0.05, 0.1) is 6.10 Å². The fraction of sp³-hybridized carbons (Fsp3) is 0.267. The van der Waals surface area contributed by atoms with E-state index < -0.39 is 6.10 Å². The molecule has 0 bridgehead atoms. The van der Waals surface area contributed by atoms with Gasteiger partial charge in [-0.3, -0.25) is 4.79 Å². The van der Waals surface area contributed by atoms with Gasteiger partial charge in [0.15, 0.2) is 0 Å². The minimum absolute atomic E-state index is 0.0127. The number of carbonyl (C=O) groups excluding carboxylic acids is 1. The van der Waals surface area contributed by atoms with Gasteiger partial charge in [-0.05, 0) is 22.9 Å². The van der Waals surface area contributed by atoms with Crippen molar-refractivity contribution in [2.24, 2.45) is 0 Å². The van der Waals surface area contributed by atoms with E-state index in [1.807, 2.05) is 12.1 Å². The van der Waals surface area contributed by atoms with Crippen LogP contribution in [-0.4, -0.2) is 22.2 Å². The standard InChI is InChI=1S/C15H14O2S/c16-12-8-14(17)15(9-12)18-13-6-5-10-3-1-2-4-11(10)7-13/h1-7,14-15,17H,8-9H2. The molecule has 18 heavy (non-hydrogen) atoms. The first kappa shape index (κ1) is 11.8. The molecular formula is C15H14O2S. The molecule has 0 aliphatic heterocycles. The van der Waals surface area contributed by atoms with Crippen molar-refractivity contribution in [1.29, 1.82) is 0 Å². The number of rotatable bonds is 2. The molecule has 0 saturated heterocycles. The molecule has 0 spiro atoms. The Morgan fingerprint density at radius 3 is 2.56 bits per heavy atom. The van der Waals surface area contributed by atoms with Crippen molar-refractivity contribution >= 4 is 28.3 Å². The topological polar surface area (TPSA) is 37.3 Å². The van der Waals surface area contributed by atoms with Gasteiger partial charge in [0.1, 0.15) is 5.78 Å². The summed E-state index contributed by atoms with van der Waals surface area (Å²) in [5.41, 5.74) is 0. The zero-order valence-electron chi connectivity index (χ0n) is 9.87. The zero-order valence-corrected chi connectivity index (χ0v) is 10.7. The van der Waals surface area contributed by atoms with E-state index >= 15 is 0 Å². The van der Waals surface area contributed by atoms with Crippen molar-refractivity contribution in [3.63, 3.8) is 0 Å².